The third-order valence-electron chi connectivity index (χ3n) is 4.75. The normalized spacial score (nSPS) is 15.5. The van der Waals surface area contributed by atoms with Crippen LogP contribution in [-0.2, 0) is 6.54 Å². The number of aromatic nitrogens is 4. The van der Waals surface area contributed by atoms with Gasteiger partial charge in [0.05, 0.1) is 5.02 Å². The summed E-state index contributed by atoms with van der Waals surface area (Å²) in [6.45, 7) is 2.82. The van der Waals surface area contributed by atoms with Crippen molar-refractivity contribution in [2.24, 2.45) is 0 Å². The molecule has 0 bridgehead atoms. The lowest BCUT2D eigenvalue weighted by molar-refractivity contribution is 0.468. The molecule has 0 spiro atoms. The van der Waals surface area contributed by atoms with Gasteiger partial charge in [0.25, 0.3) is 0 Å². The van der Waals surface area contributed by atoms with E-state index in [2.05, 4.69) is 42.7 Å². The van der Waals surface area contributed by atoms with Crippen LogP contribution in [0.2, 0.25) is 5.02 Å². The largest absolute Gasteiger partial charge is 0.357 e. The number of hydrogen-bond donors (Lipinski definition) is 0. The number of rotatable bonds is 4. The van der Waals surface area contributed by atoms with Crippen molar-refractivity contribution in [3.05, 3.63) is 71.7 Å². The maximum absolute atomic E-state index is 5.93. The standard InChI is InChI=1S/C19H20ClN5/c20-17-1-2-18(23-13-17)24-10-5-16(6-11-24)19-22-9-12-25(19)14-15-3-7-21-8-4-15/h1-4,7-9,12-13,16H,5-6,10-11,14H2. The summed E-state index contributed by atoms with van der Waals surface area (Å²) in [6, 6.07) is 8.00. The van der Waals surface area contributed by atoms with E-state index in [-0.39, 0.29) is 0 Å². The second kappa shape index (κ2) is 7.23. The van der Waals surface area contributed by atoms with Gasteiger partial charge in [-0.1, -0.05) is 11.6 Å². The first-order valence-electron chi connectivity index (χ1n) is 8.56. The van der Waals surface area contributed by atoms with Crippen molar-refractivity contribution >= 4 is 17.4 Å². The van der Waals surface area contributed by atoms with E-state index < -0.39 is 0 Å². The van der Waals surface area contributed by atoms with Crippen LogP contribution >= 0.6 is 11.6 Å². The summed E-state index contributed by atoms with van der Waals surface area (Å²) in [6.07, 6.45) is 11.5. The van der Waals surface area contributed by atoms with Gasteiger partial charge in [0.2, 0.25) is 0 Å². The summed E-state index contributed by atoms with van der Waals surface area (Å²) >= 11 is 5.93. The molecule has 4 rings (SSSR count). The molecular weight excluding hydrogens is 334 g/mol. The van der Waals surface area contributed by atoms with E-state index in [1.54, 1.807) is 6.20 Å². The lowest BCUT2D eigenvalue weighted by Gasteiger charge is -2.32. The molecule has 1 saturated heterocycles. The highest BCUT2D eigenvalue weighted by Gasteiger charge is 2.24. The van der Waals surface area contributed by atoms with E-state index in [9.17, 15) is 0 Å². The summed E-state index contributed by atoms with van der Waals surface area (Å²) in [4.78, 5) is 15.5. The lowest BCUT2D eigenvalue weighted by atomic mass is 9.95. The van der Waals surface area contributed by atoms with Crippen molar-refractivity contribution in [3.8, 4) is 0 Å². The van der Waals surface area contributed by atoms with Crippen LogP contribution in [0.1, 0.15) is 30.1 Å². The zero-order chi connectivity index (χ0) is 17.1. The molecule has 0 atom stereocenters. The van der Waals surface area contributed by atoms with Gasteiger partial charge in [-0.05, 0) is 42.7 Å². The molecule has 0 radical (unpaired) electrons. The van der Waals surface area contributed by atoms with Crippen molar-refractivity contribution in [2.45, 2.75) is 25.3 Å². The van der Waals surface area contributed by atoms with Gasteiger partial charge in [-0.25, -0.2) is 9.97 Å². The lowest BCUT2D eigenvalue weighted by Crippen LogP contribution is -2.34. The predicted octanol–water partition coefficient (Wildman–Crippen LogP) is 3.76. The first-order chi connectivity index (χ1) is 12.3. The van der Waals surface area contributed by atoms with E-state index in [1.807, 2.05) is 30.7 Å². The summed E-state index contributed by atoms with van der Waals surface area (Å²) in [5.74, 6) is 2.67. The number of imidazole rings is 1. The van der Waals surface area contributed by atoms with Crippen LogP contribution in [0, 0.1) is 0 Å². The van der Waals surface area contributed by atoms with Crippen LogP contribution < -0.4 is 4.90 Å². The Morgan fingerprint density at radius 2 is 1.80 bits per heavy atom. The number of hydrogen-bond acceptors (Lipinski definition) is 4. The molecule has 5 nitrogen and oxygen atoms in total. The Bertz CT molecular complexity index is 807. The van der Waals surface area contributed by atoms with Crippen molar-refractivity contribution in [3.63, 3.8) is 0 Å². The van der Waals surface area contributed by atoms with Crippen LogP contribution in [0.5, 0.6) is 0 Å². The van der Waals surface area contributed by atoms with E-state index in [4.69, 9.17) is 11.6 Å². The summed E-state index contributed by atoms with van der Waals surface area (Å²) in [5, 5.41) is 0.678. The highest BCUT2D eigenvalue weighted by molar-refractivity contribution is 6.30. The second-order valence-electron chi connectivity index (χ2n) is 6.36. The molecule has 25 heavy (non-hydrogen) atoms. The van der Waals surface area contributed by atoms with Crippen LogP contribution in [0.25, 0.3) is 0 Å². The van der Waals surface area contributed by atoms with Crippen molar-refractivity contribution in [1.82, 2.24) is 19.5 Å². The average molecular weight is 354 g/mol. The zero-order valence-electron chi connectivity index (χ0n) is 13.9. The molecule has 3 aromatic heterocycles. The van der Waals surface area contributed by atoms with Gasteiger partial charge in [-0.2, -0.15) is 0 Å². The molecule has 0 saturated carbocycles. The van der Waals surface area contributed by atoms with Gasteiger partial charge >= 0.3 is 0 Å². The maximum Gasteiger partial charge on any atom is 0.128 e. The highest BCUT2D eigenvalue weighted by atomic mass is 35.5. The highest BCUT2D eigenvalue weighted by Crippen LogP contribution is 2.29. The number of pyridine rings is 2. The Balaban J connectivity index is 1.43. The first-order valence-corrected chi connectivity index (χ1v) is 8.94. The number of halogens is 1. The topological polar surface area (TPSA) is 46.8 Å². The average Bonchev–Trinajstić information content (AvgIpc) is 3.11. The minimum Gasteiger partial charge on any atom is -0.357 e. The third-order valence-corrected chi connectivity index (χ3v) is 4.97. The van der Waals surface area contributed by atoms with Gasteiger partial charge in [0, 0.05) is 56.5 Å². The molecule has 0 amide bonds. The number of nitrogens with zero attached hydrogens (tertiary/aromatic N) is 5. The van der Waals surface area contributed by atoms with E-state index in [0.29, 0.717) is 10.9 Å². The summed E-state index contributed by atoms with van der Waals surface area (Å²) in [5.41, 5.74) is 1.25. The Morgan fingerprint density at radius 1 is 1.00 bits per heavy atom. The molecule has 1 aliphatic rings. The molecule has 6 heteroatoms. The summed E-state index contributed by atoms with van der Waals surface area (Å²) in [7, 11) is 0. The Morgan fingerprint density at radius 3 is 2.52 bits per heavy atom. The van der Waals surface area contributed by atoms with Crippen molar-refractivity contribution in [1.29, 1.82) is 0 Å². The molecule has 0 N–H and O–H groups in total. The fourth-order valence-electron chi connectivity index (χ4n) is 3.42. The van der Waals surface area contributed by atoms with Gasteiger partial charge in [0.1, 0.15) is 11.6 Å². The molecular formula is C19H20ClN5. The minimum absolute atomic E-state index is 0.486. The molecule has 1 fully saturated rings. The van der Waals surface area contributed by atoms with Gasteiger partial charge in [-0.15, -0.1) is 0 Å². The van der Waals surface area contributed by atoms with E-state index in [1.165, 1.54) is 11.4 Å². The minimum atomic E-state index is 0.486. The smallest absolute Gasteiger partial charge is 0.128 e. The number of piperidine rings is 1. The van der Waals surface area contributed by atoms with Gasteiger partial charge < -0.3 is 9.47 Å². The van der Waals surface area contributed by atoms with Gasteiger partial charge in [-0.3, -0.25) is 4.98 Å². The van der Waals surface area contributed by atoms with Gasteiger partial charge in [0.15, 0.2) is 0 Å². The fourth-order valence-corrected chi connectivity index (χ4v) is 3.53. The third kappa shape index (κ3) is 3.66. The monoisotopic (exact) mass is 353 g/mol. The maximum atomic E-state index is 5.93. The van der Waals surface area contributed by atoms with Crippen molar-refractivity contribution in [2.75, 3.05) is 18.0 Å². The molecule has 1 aliphatic heterocycles. The summed E-state index contributed by atoms with van der Waals surface area (Å²) < 4.78 is 2.26. The predicted molar refractivity (Wildman–Crippen MR) is 99.0 cm³/mol. The molecule has 0 aromatic carbocycles. The van der Waals surface area contributed by atoms with E-state index >= 15 is 0 Å². The first kappa shape index (κ1) is 16.1. The molecule has 4 heterocycles. The molecule has 0 aliphatic carbocycles. The van der Waals surface area contributed by atoms with Crippen molar-refractivity contribution < 1.29 is 0 Å². The Hall–Kier alpha value is -2.40. The Kier molecular flexibility index (Phi) is 4.65. The van der Waals surface area contributed by atoms with Crippen LogP contribution in [0.15, 0.2) is 55.2 Å². The second-order valence-corrected chi connectivity index (χ2v) is 6.80. The van der Waals surface area contributed by atoms with Crippen LogP contribution in [0.4, 0.5) is 5.82 Å². The van der Waals surface area contributed by atoms with Crippen LogP contribution in [-0.4, -0.2) is 32.6 Å². The molecule has 3 aromatic rings. The molecule has 128 valence electrons. The van der Waals surface area contributed by atoms with E-state index in [0.717, 1.165) is 38.3 Å². The quantitative estimate of drug-likeness (QED) is 0.716. The SMILES string of the molecule is Clc1ccc(N2CCC(c3nccn3Cc3ccncc3)CC2)nc1. The van der Waals surface area contributed by atoms with Crippen LogP contribution in [0.3, 0.4) is 0 Å². The number of anilines is 1. The Labute approximate surface area is 152 Å². The zero-order valence-corrected chi connectivity index (χ0v) is 14.7. The fraction of sp³-hybridized carbons (Fsp3) is 0.316. The molecule has 0 unspecified atom stereocenters.